The van der Waals surface area contributed by atoms with Crippen LogP contribution in [-0.2, 0) is 16.1 Å². The maximum absolute atomic E-state index is 12.5. The van der Waals surface area contributed by atoms with Crippen molar-refractivity contribution >= 4 is 11.8 Å². The summed E-state index contributed by atoms with van der Waals surface area (Å²) in [5, 5.41) is 14.1. The Morgan fingerprint density at radius 3 is 3.00 bits per heavy atom. The first-order valence-corrected chi connectivity index (χ1v) is 9.11. The van der Waals surface area contributed by atoms with Crippen LogP contribution in [0.1, 0.15) is 32.1 Å². The maximum Gasteiger partial charge on any atom is 0.222 e. The number of carbonyl (C=O) groups excluding carboxylic acids is 2. The van der Waals surface area contributed by atoms with Gasteiger partial charge in [-0.25, -0.2) is 4.68 Å². The minimum absolute atomic E-state index is 0.199. The molecule has 1 N–H and O–H groups in total. The molecule has 25 heavy (non-hydrogen) atoms. The molecule has 2 amide bonds. The summed E-state index contributed by atoms with van der Waals surface area (Å²) >= 11 is 0. The number of carbonyl (C=O) groups is 2. The van der Waals surface area contributed by atoms with E-state index in [0.29, 0.717) is 31.3 Å². The molecule has 2 fully saturated rings. The van der Waals surface area contributed by atoms with E-state index in [9.17, 15) is 9.59 Å². The second-order valence-electron chi connectivity index (χ2n) is 6.86. The zero-order valence-corrected chi connectivity index (χ0v) is 14.8. The lowest BCUT2D eigenvalue weighted by molar-refractivity contribution is -0.144. The minimum Gasteiger partial charge on any atom is -0.342 e. The summed E-state index contributed by atoms with van der Waals surface area (Å²) in [6.45, 7) is 3.75. The summed E-state index contributed by atoms with van der Waals surface area (Å²) in [5.74, 6) is 0.870. The van der Waals surface area contributed by atoms with Crippen molar-refractivity contribution in [3.8, 4) is 0 Å². The molecule has 1 aromatic rings. The molecule has 0 aromatic carbocycles. The molecule has 3 heterocycles. The molecule has 0 unspecified atom stereocenters. The first kappa shape index (κ1) is 17.8. The van der Waals surface area contributed by atoms with Gasteiger partial charge >= 0.3 is 0 Å². The van der Waals surface area contributed by atoms with Crippen molar-refractivity contribution in [1.82, 2.24) is 35.3 Å². The predicted octanol–water partition coefficient (Wildman–Crippen LogP) is -0.488. The van der Waals surface area contributed by atoms with Crippen molar-refractivity contribution in [3.05, 3.63) is 6.33 Å². The van der Waals surface area contributed by atoms with Crippen molar-refractivity contribution in [1.29, 1.82) is 0 Å². The molecule has 0 bridgehead atoms. The molecule has 1 aromatic heterocycles. The van der Waals surface area contributed by atoms with Crippen LogP contribution in [0.3, 0.4) is 0 Å². The third-order valence-electron chi connectivity index (χ3n) is 5.27. The van der Waals surface area contributed by atoms with Crippen LogP contribution in [0.25, 0.3) is 0 Å². The van der Waals surface area contributed by atoms with E-state index in [-0.39, 0.29) is 11.8 Å². The molecular weight excluding hydrogens is 322 g/mol. The Kier molecular flexibility index (Phi) is 5.95. The largest absolute Gasteiger partial charge is 0.342 e. The van der Waals surface area contributed by atoms with Crippen LogP contribution in [0.5, 0.6) is 0 Å². The molecule has 2 saturated heterocycles. The Morgan fingerprint density at radius 2 is 2.24 bits per heavy atom. The van der Waals surface area contributed by atoms with E-state index in [4.69, 9.17) is 0 Å². The molecule has 9 heteroatoms. The van der Waals surface area contributed by atoms with Gasteiger partial charge < -0.3 is 15.1 Å². The summed E-state index contributed by atoms with van der Waals surface area (Å²) in [6, 6.07) is 0.292. The molecule has 2 aliphatic rings. The summed E-state index contributed by atoms with van der Waals surface area (Å²) in [7, 11) is 1.91. The second-order valence-corrected chi connectivity index (χ2v) is 6.86. The quantitative estimate of drug-likeness (QED) is 0.714. The van der Waals surface area contributed by atoms with Gasteiger partial charge in [-0.1, -0.05) is 0 Å². The van der Waals surface area contributed by atoms with Crippen LogP contribution < -0.4 is 5.32 Å². The Bertz CT molecular complexity index is 577. The van der Waals surface area contributed by atoms with Gasteiger partial charge in [0.15, 0.2) is 0 Å². The Balaban J connectivity index is 1.48. The molecule has 138 valence electrons. The van der Waals surface area contributed by atoms with E-state index in [1.807, 2.05) is 16.8 Å². The number of tetrazole rings is 1. The average Bonchev–Trinajstić information content (AvgIpc) is 3.14. The predicted molar refractivity (Wildman–Crippen MR) is 90.4 cm³/mol. The van der Waals surface area contributed by atoms with Crippen LogP contribution in [0.2, 0.25) is 0 Å². The highest BCUT2D eigenvalue weighted by Crippen LogP contribution is 2.31. The van der Waals surface area contributed by atoms with Crippen LogP contribution >= 0.6 is 0 Å². The topological polar surface area (TPSA) is 96.2 Å². The van der Waals surface area contributed by atoms with Crippen LogP contribution in [0, 0.1) is 5.92 Å². The van der Waals surface area contributed by atoms with E-state index in [1.54, 1.807) is 11.0 Å². The summed E-state index contributed by atoms with van der Waals surface area (Å²) in [4.78, 5) is 28.7. The zero-order chi connectivity index (χ0) is 17.6. The van der Waals surface area contributed by atoms with Crippen LogP contribution in [0.15, 0.2) is 6.33 Å². The standard InChI is InChI=1S/C16H27N7O2/c1-17-7-10-23-14-6-9-21(11-13(14)4-5-16(23)25)15(24)3-2-8-22-12-18-19-20-22/h12-14,17H,2-11H2,1H3/t13-,14+/m0/s1. The Hall–Kier alpha value is -2.03. The highest BCUT2D eigenvalue weighted by molar-refractivity contribution is 5.78. The lowest BCUT2D eigenvalue weighted by atomic mass is 9.83. The fourth-order valence-electron chi connectivity index (χ4n) is 3.93. The van der Waals surface area contributed by atoms with E-state index in [2.05, 4.69) is 20.8 Å². The molecule has 0 aliphatic carbocycles. The van der Waals surface area contributed by atoms with Crippen LogP contribution in [-0.4, -0.2) is 81.1 Å². The maximum atomic E-state index is 12.5. The molecule has 2 atom stereocenters. The molecule has 2 aliphatic heterocycles. The number of likely N-dealkylation sites (N-methyl/N-ethyl adjacent to an activating group) is 1. The first-order chi connectivity index (χ1) is 12.2. The van der Waals surface area contributed by atoms with Gasteiger partial charge in [0, 0.05) is 51.6 Å². The second kappa shape index (κ2) is 8.37. The summed E-state index contributed by atoms with van der Waals surface area (Å²) < 4.78 is 1.64. The Morgan fingerprint density at radius 1 is 1.36 bits per heavy atom. The SMILES string of the molecule is CNCCN1C(=O)CC[C@H]2CN(C(=O)CCCn3cnnn3)CC[C@H]21. The summed E-state index contributed by atoms with van der Waals surface area (Å²) in [6.07, 6.45) is 5.20. The number of hydrogen-bond acceptors (Lipinski definition) is 6. The van der Waals surface area contributed by atoms with Gasteiger partial charge in [-0.3, -0.25) is 9.59 Å². The number of rotatable bonds is 7. The number of amides is 2. The molecule has 9 nitrogen and oxygen atoms in total. The van der Waals surface area contributed by atoms with Crippen molar-refractivity contribution in [2.75, 3.05) is 33.2 Å². The van der Waals surface area contributed by atoms with Gasteiger partial charge in [0.1, 0.15) is 6.33 Å². The molecule has 3 rings (SSSR count). The van der Waals surface area contributed by atoms with Gasteiger partial charge in [0.05, 0.1) is 0 Å². The number of aromatic nitrogens is 4. The average molecular weight is 349 g/mol. The van der Waals surface area contributed by atoms with Crippen molar-refractivity contribution in [3.63, 3.8) is 0 Å². The number of piperidine rings is 2. The summed E-state index contributed by atoms with van der Waals surface area (Å²) in [5.41, 5.74) is 0. The fraction of sp³-hybridized carbons (Fsp3) is 0.812. The Labute approximate surface area is 147 Å². The fourth-order valence-corrected chi connectivity index (χ4v) is 3.93. The molecule has 0 saturated carbocycles. The van der Waals surface area contributed by atoms with E-state index in [0.717, 1.165) is 45.4 Å². The highest BCUT2D eigenvalue weighted by Gasteiger charge is 2.39. The van der Waals surface area contributed by atoms with Crippen LogP contribution in [0.4, 0.5) is 0 Å². The smallest absolute Gasteiger partial charge is 0.222 e. The van der Waals surface area contributed by atoms with E-state index < -0.39 is 0 Å². The number of hydrogen-bond donors (Lipinski definition) is 1. The van der Waals surface area contributed by atoms with Crippen molar-refractivity contribution in [2.24, 2.45) is 5.92 Å². The zero-order valence-electron chi connectivity index (χ0n) is 14.8. The van der Waals surface area contributed by atoms with E-state index >= 15 is 0 Å². The lowest BCUT2D eigenvalue weighted by Gasteiger charge is -2.47. The number of likely N-dealkylation sites (tertiary alicyclic amines) is 2. The van der Waals surface area contributed by atoms with Crippen molar-refractivity contribution < 1.29 is 9.59 Å². The van der Waals surface area contributed by atoms with Gasteiger partial charge in [-0.05, 0) is 42.7 Å². The van der Waals surface area contributed by atoms with Gasteiger partial charge in [-0.2, -0.15) is 0 Å². The van der Waals surface area contributed by atoms with E-state index in [1.165, 1.54) is 0 Å². The minimum atomic E-state index is 0.199. The third kappa shape index (κ3) is 4.33. The van der Waals surface area contributed by atoms with Crippen molar-refractivity contribution in [2.45, 2.75) is 44.7 Å². The third-order valence-corrected chi connectivity index (χ3v) is 5.27. The number of nitrogens with zero attached hydrogens (tertiary/aromatic N) is 6. The number of aryl methyl sites for hydroxylation is 1. The normalized spacial score (nSPS) is 23.6. The first-order valence-electron chi connectivity index (χ1n) is 9.11. The molecule has 0 radical (unpaired) electrons. The van der Waals surface area contributed by atoms with Gasteiger partial charge in [-0.15, -0.1) is 5.10 Å². The number of fused-ring (bicyclic) bond motifs is 1. The molecular formula is C16H27N7O2. The molecule has 0 spiro atoms. The monoisotopic (exact) mass is 349 g/mol. The van der Waals surface area contributed by atoms with Gasteiger partial charge in [0.25, 0.3) is 0 Å². The number of nitrogens with one attached hydrogen (secondary N) is 1. The van der Waals surface area contributed by atoms with Gasteiger partial charge in [0.2, 0.25) is 11.8 Å². The lowest BCUT2D eigenvalue weighted by Crippen LogP contribution is -2.57. The highest BCUT2D eigenvalue weighted by atomic mass is 16.2.